The van der Waals surface area contributed by atoms with E-state index in [9.17, 15) is 37.5 Å². The van der Waals surface area contributed by atoms with E-state index < -0.39 is 45.4 Å². The number of rotatable bonds is 24. The molecule has 0 fully saturated rings. The first kappa shape index (κ1) is 57.7. The topological polar surface area (TPSA) is 311 Å². The molecule has 0 aliphatic carbocycles. The maximum absolute atomic E-state index is 14.6. The zero-order chi connectivity index (χ0) is 55.6. The van der Waals surface area contributed by atoms with Gasteiger partial charge in [-0.1, -0.05) is 11.6 Å². The molecule has 78 heavy (non-hydrogen) atoms. The van der Waals surface area contributed by atoms with Crippen LogP contribution in [0.25, 0.3) is 67.3 Å². The van der Waals surface area contributed by atoms with Crippen molar-refractivity contribution in [3.05, 3.63) is 134 Å². The number of fused-ring (bicyclic) bond motifs is 6. The molecule has 6 aliphatic heterocycles. The predicted molar refractivity (Wildman–Crippen MR) is 276 cm³/mol. The highest BCUT2D eigenvalue weighted by Crippen LogP contribution is 2.34. The van der Waals surface area contributed by atoms with Crippen LogP contribution in [0, 0.1) is 11.6 Å². The van der Waals surface area contributed by atoms with Crippen molar-refractivity contribution < 1.29 is 64.7 Å². The van der Waals surface area contributed by atoms with Gasteiger partial charge in [0.1, 0.15) is 33.6 Å². The van der Waals surface area contributed by atoms with Crippen molar-refractivity contribution in [1.82, 2.24) is 29.9 Å². The summed E-state index contributed by atoms with van der Waals surface area (Å²) in [7, 11) is 4.80. The smallest absolute Gasteiger partial charge is 0.351 e. The Morgan fingerprint density at radius 2 is 0.872 bits per heavy atom. The summed E-state index contributed by atoms with van der Waals surface area (Å²) in [5, 5.41) is 1.70. The van der Waals surface area contributed by atoms with Gasteiger partial charge in [0.2, 0.25) is 23.5 Å². The van der Waals surface area contributed by atoms with E-state index in [-0.39, 0.29) is 70.2 Å². The van der Waals surface area contributed by atoms with Gasteiger partial charge in [-0.3, -0.25) is 29.3 Å². The van der Waals surface area contributed by atoms with Crippen LogP contribution in [0.5, 0.6) is 17.2 Å². The highest BCUT2D eigenvalue weighted by Gasteiger charge is 2.20. The molecular weight excluding hydrogens is 1060 g/mol. The molecular formula is C51H51ClF2N6O18. The third-order valence-corrected chi connectivity index (χ3v) is 11.1. The molecule has 24 nitrogen and oxygen atoms in total. The van der Waals surface area contributed by atoms with Crippen molar-refractivity contribution in [3.63, 3.8) is 0 Å². The molecule has 0 unspecified atom stereocenters. The first-order valence-corrected chi connectivity index (χ1v) is 24.2. The summed E-state index contributed by atoms with van der Waals surface area (Å²) in [5.41, 5.74) is -3.42. The summed E-state index contributed by atoms with van der Waals surface area (Å²) >= 11 is 6.23. The minimum Gasteiger partial charge on any atom is -0.492 e. The summed E-state index contributed by atoms with van der Waals surface area (Å²) in [5.74, 6) is -1.24. The van der Waals surface area contributed by atoms with Crippen molar-refractivity contribution in [1.29, 1.82) is 0 Å². The number of aromatic nitrogens is 6. The predicted octanol–water partition coefficient (Wildman–Crippen LogP) is 5.17. The second kappa shape index (κ2) is 28.4. The largest absolute Gasteiger partial charge is 0.492 e. The average molecular weight is 1110 g/mol. The van der Waals surface area contributed by atoms with Gasteiger partial charge in [-0.15, -0.1) is 0 Å². The molecule has 9 rings (SSSR count). The molecule has 3 N–H and O–H groups in total. The van der Waals surface area contributed by atoms with Gasteiger partial charge in [0.15, 0.2) is 22.9 Å². The highest BCUT2D eigenvalue weighted by atomic mass is 35.5. The van der Waals surface area contributed by atoms with Gasteiger partial charge in [0, 0.05) is 88.7 Å². The normalized spacial score (nSPS) is 11.3. The van der Waals surface area contributed by atoms with Crippen LogP contribution < -0.4 is 48.0 Å². The van der Waals surface area contributed by atoms with Crippen LogP contribution in [0.2, 0.25) is 5.02 Å². The fourth-order valence-corrected chi connectivity index (χ4v) is 7.31. The van der Waals surface area contributed by atoms with E-state index in [1.807, 2.05) is 9.97 Å². The highest BCUT2D eigenvalue weighted by molar-refractivity contribution is 6.32. The average Bonchev–Trinajstić information content (AvgIpc) is 3.47. The van der Waals surface area contributed by atoms with Crippen LogP contribution in [-0.2, 0) is 28.4 Å². The first-order valence-electron chi connectivity index (χ1n) is 23.9. The molecule has 0 radical (unpaired) electrons. The minimum absolute atomic E-state index is 0.00433. The number of aromatic amines is 3. The summed E-state index contributed by atoms with van der Waals surface area (Å²) < 4.78 is 92.2. The van der Waals surface area contributed by atoms with Crippen molar-refractivity contribution in [3.8, 4) is 51.6 Å². The summed E-state index contributed by atoms with van der Waals surface area (Å²) in [4.78, 5) is 86.3. The van der Waals surface area contributed by atoms with E-state index in [0.29, 0.717) is 118 Å². The quantitative estimate of drug-likeness (QED) is 0.0519. The van der Waals surface area contributed by atoms with E-state index in [2.05, 4.69) is 19.9 Å². The molecule has 27 heteroatoms. The number of halogens is 3. The zero-order valence-electron chi connectivity index (χ0n) is 42.1. The fourth-order valence-electron chi connectivity index (χ4n) is 7.08. The Bertz CT molecular complexity index is 3490. The molecule has 0 spiro atoms. The van der Waals surface area contributed by atoms with Crippen LogP contribution in [0.1, 0.15) is 19.3 Å². The van der Waals surface area contributed by atoms with Crippen LogP contribution in [0.4, 0.5) is 8.78 Å². The third-order valence-electron chi connectivity index (χ3n) is 10.8. The van der Waals surface area contributed by atoms with E-state index >= 15 is 0 Å². The molecule has 6 heterocycles. The monoisotopic (exact) mass is 1110 g/mol. The molecule has 0 atom stereocenters. The number of methoxy groups -OCH3 is 3. The Hall–Kier alpha value is -7.98. The number of hydrogen-bond donors (Lipinski definition) is 3. The molecule has 3 aromatic rings. The van der Waals surface area contributed by atoms with Gasteiger partial charge < -0.3 is 55.9 Å². The van der Waals surface area contributed by atoms with Crippen LogP contribution in [0.3, 0.4) is 0 Å². The van der Waals surface area contributed by atoms with Crippen molar-refractivity contribution in [2.24, 2.45) is 0 Å². The van der Waals surface area contributed by atoms with Crippen molar-refractivity contribution in [2.75, 3.05) is 101 Å². The Kier molecular flexibility index (Phi) is 21.0. The first-order chi connectivity index (χ1) is 37.8. The van der Waals surface area contributed by atoms with Gasteiger partial charge in [-0.2, -0.15) is 19.3 Å². The van der Waals surface area contributed by atoms with Crippen LogP contribution in [0.15, 0.2) is 96.6 Å². The lowest BCUT2D eigenvalue weighted by Crippen LogP contribution is -2.24. The van der Waals surface area contributed by atoms with Crippen LogP contribution in [-0.4, -0.2) is 131 Å². The maximum atomic E-state index is 14.6. The lowest BCUT2D eigenvalue weighted by molar-refractivity contribution is 0.0642. The molecule has 0 saturated heterocycles. The van der Waals surface area contributed by atoms with E-state index in [4.69, 9.17) is 67.5 Å². The summed E-state index contributed by atoms with van der Waals surface area (Å²) in [6, 6.07) is 13.2. The maximum Gasteiger partial charge on any atom is 0.351 e. The van der Waals surface area contributed by atoms with Crippen molar-refractivity contribution >= 4 is 44.5 Å². The Labute approximate surface area is 443 Å². The molecule has 0 amide bonds. The van der Waals surface area contributed by atoms with E-state index in [1.54, 1.807) is 45.6 Å². The molecule has 414 valence electrons. The Morgan fingerprint density at radius 3 is 1.35 bits per heavy atom. The Morgan fingerprint density at radius 1 is 0.462 bits per heavy atom. The fraction of sp³-hybridized carbons (Fsp3) is 0.353. The number of H-pyrrole nitrogens is 3. The van der Waals surface area contributed by atoms with E-state index in [0.717, 1.165) is 0 Å². The lowest BCUT2D eigenvalue weighted by atomic mass is 10.1. The number of benzene rings is 3. The van der Waals surface area contributed by atoms with Gasteiger partial charge in [0.25, 0.3) is 16.7 Å². The summed E-state index contributed by atoms with van der Waals surface area (Å²) in [6.45, 7) is 5.48. The number of hydrogen-bond acceptors (Lipinski definition) is 21. The number of ether oxygens (including phenoxy) is 9. The third kappa shape index (κ3) is 15.6. The van der Waals surface area contributed by atoms with Gasteiger partial charge in [0.05, 0.1) is 64.5 Å². The summed E-state index contributed by atoms with van der Waals surface area (Å²) in [6.07, 6.45) is 1.84. The zero-order valence-corrected chi connectivity index (χ0v) is 42.9. The second-order valence-electron chi connectivity index (χ2n) is 16.4. The molecule has 0 bridgehead atoms. The molecule has 0 saturated carbocycles. The molecule has 6 aliphatic rings. The second-order valence-corrected chi connectivity index (χ2v) is 16.8. The standard InChI is InChI=1S/C17H17ClN2O6.2C17H17FN2O6/c1-23-5-6-24-3-2-4-25-14-9-13-10(8-12(14)18)7-11-15(21)19-17(22)20-16(11)26-13;1-23-7-8-24-5-2-6-25-12-4-3-10-9-11-15(21)19-17(22)20-16(11)26-14(10)13(12)18;1-23-5-6-24-3-2-4-25-14-9-13-10(8-12(14)18)7-11-15(21)19-17(22)20-16(11)26-13/h7-9H,2-6H2,1H3,(H,19,21,22);3-4,9H,2,5-8H2,1H3,(H,19,21,22);7-9H,2-6H2,1H3,(H,19,21,22). The van der Waals surface area contributed by atoms with Crippen LogP contribution >= 0.6 is 11.6 Å². The number of nitrogens with one attached hydrogen (secondary N) is 3. The number of nitrogens with zero attached hydrogens (tertiary/aromatic N) is 3. The molecule has 0 aromatic heterocycles. The van der Waals surface area contributed by atoms with Gasteiger partial charge >= 0.3 is 17.1 Å². The van der Waals surface area contributed by atoms with Gasteiger partial charge in [-0.25, -0.2) is 18.8 Å². The minimum atomic E-state index is -0.855. The lowest BCUT2D eigenvalue weighted by Gasteiger charge is -2.10. The Balaban J connectivity index is 0.000000170. The van der Waals surface area contributed by atoms with E-state index in [1.165, 1.54) is 30.3 Å². The SMILES string of the molecule is COCCOCCCOc1cc2oc3nc(=O)[nH]c(=O)c-3cc2cc1Cl.COCCOCCCOc1cc2oc3nc(=O)[nH]c(=O)c-3cc2cc1F.COCCOCCCOc1ccc2cc3c(=O)[nH]c(=O)nc-3oc2c1F. The van der Waals surface area contributed by atoms with Crippen molar-refractivity contribution in [2.45, 2.75) is 19.3 Å². The van der Waals surface area contributed by atoms with Gasteiger partial charge in [-0.05, 0) is 42.5 Å². The molecule has 3 aromatic carbocycles.